The van der Waals surface area contributed by atoms with Crippen molar-refractivity contribution in [1.29, 1.82) is 0 Å². The summed E-state index contributed by atoms with van der Waals surface area (Å²) in [6, 6.07) is 18.0. The van der Waals surface area contributed by atoms with Gasteiger partial charge in [0.2, 0.25) is 6.79 Å². The van der Waals surface area contributed by atoms with Crippen LogP contribution in [0.1, 0.15) is 33.9 Å². The molecule has 0 saturated heterocycles. The SMILES string of the molecule is COCCN(CC(=O)N1N=C(c2ccccc2Cl)C[C@H]1c1ccc2c(c1)OCO2)C(=O)c1ccccc1F. The molecule has 0 fully saturated rings. The fourth-order valence-electron chi connectivity index (χ4n) is 4.47. The van der Waals surface area contributed by atoms with Gasteiger partial charge in [-0.05, 0) is 35.9 Å². The maximum absolute atomic E-state index is 14.4. The van der Waals surface area contributed by atoms with Crippen LogP contribution in [0.15, 0.2) is 71.8 Å². The van der Waals surface area contributed by atoms with E-state index in [4.69, 9.17) is 25.8 Å². The zero-order valence-corrected chi connectivity index (χ0v) is 21.4. The molecule has 0 bridgehead atoms. The van der Waals surface area contributed by atoms with Gasteiger partial charge >= 0.3 is 0 Å². The topological polar surface area (TPSA) is 80.7 Å². The molecule has 2 amide bonds. The third kappa shape index (κ3) is 5.20. The Morgan fingerprint density at radius 1 is 1.11 bits per heavy atom. The molecule has 0 N–H and O–H groups in total. The molecule has 38 heavy (non-hydrogen) atoms. The van der Waals surface area contributed by atoms with Crippen molar-refractivity contribution in [2.45, 2.75) is 12.5 Å². The van der Waals surface area contributed by atoms with Gasteiger partial charge in [0.25, 0.3) is 11.8 Å². The molecule has 0 saturated carbocycles. The van der Waals surface area contributed by atoms with Crippen molar-refractivity contribution < 1.29 is 28.2 Å². The van der Waals surface area contributed by atoms with Gasteiger partial charge < -0.3 is 19.1 Å². The molecule has 196 valence electrons. The van der Waals surface area contributed by atoms with Crippen LogP contribution in [0.2, 0.25) is 5.02 Å². The summed E-state index contributed by atoms with van der Waals surface area (Å²) in [4.78, 5) is 28.2. The lowest BCUT2D eigenvalue weighted by molar-refractivity contribution is -0.133. The van der Waals surface area contributed by atoms with Crippen LogP contribution in [-0.2, 0) is 9.53 Å². The largest absolute Gasteiger partial charge is 0.454 e. The molecule has 5 rings (SSSR count). The number of hydrogen-bond donors (Lipinski definition) is 0. The van der Waals surface area contributed by atoms with Gasteiger partial charge in [0.1, 0.15) is 12.4 Å². The van der Waals surface area contributed by atoms with E-state index in [0.29, 0.717) is 34.2 Å². The number of hydrazone groups is 1. The summed E-state index contributed by atoms with van der Waals surface area (Å²) in [7, 11) is 1.49. The summed E-state index contributed by atoms with van der Waals surface area (Å²) >= 11 is 6.44. The first-order valence-corrected chi connectivity index (χ1v) is 12.4. The highest BCUT2D eigenvalue weighted by atomic mass is 35.5. The molecule has 1 atom stereocenters. The minimum Gasteiger partial charge on any atom is -0.454 e. The molecule has 3 aromatic rings. The first-order chi connectivity index (χ1) is 18.5. The number of fused-ring (bicyclic) bond motifs is 1. The standard InChI is InChI=1S/C28H25ClFN3O5/c1-36-13-12-32(28(35)20-7-3-5-9-22(20)30)16-27(34)33-24(18-10-11-25-26(14-18)38-17-37-25)15-23(31-33)19-6-2-4-8-21(19)29/h2-11,14,24H,12-13,15-17H2,1H3/t24-/m0/s1. The molecule has 2 aliphatic rings. The van der Waals surface area contributed by atoms with Crippen molar-refractivity contribution in [2.75, 3.05) is 33.6 Å². The molecule has 2 heterocycles. The van der Waals surface area contributed by atoms with E-state index in [0.717, 1.165) is 5.56 Å². The highest BCUT2D eigenvalue weighted by Crippen LogP contribution is 2.39. The lowest BCUT2D eigenvalue weighted by atomic mass is 9.98. The van der Waals surface area contributed by atoms with Gasteiger partial charge in [-0.1, -0.05) is 48.0 Å². The number of amides is 2. The second-order valence-electron chi connectivity index (χ2n) is 8.80. The van der Waals surface area contributed by atoms with Crippen LogP contribution < -0.4 is 9.47 Å². The highest BCUT2D eigenvalue weighted by Gasteiger charge is 2.36. The van der Waals surface area contributed by atoms with Crippen LogP contribution in [-0.4, -0.2) is 61.0 Å². The predicted molar refractivity (Wildman–Crippen MR) is 139 cm³/mol. The van der Waals surface area contributed by atoms with Gasteiger partial charge in [-0.2, -0.15) is 5.10 Å². The molecule has 3 aromatic carbocycles. The Hall–Kier alpha value is -3.95. The van der Waals surface area contributed by atoms with E-state index in [1.807, 2.05) is 30.3 Å². The summed E-state index contributed by atoms with van der Waals surface area (Å²) in [6.07, 6.45) is 0.397. The Labute approximate surface area is 224 Å². The van der Waals surface area contributed by atoms with Gasteiger partial charge in [-0.25, -0.2) is 9.40 Å². The quantitative estimate of drug-likeness (QED) is 0.417. The van der Waals surface area contributed by atoms with Crippen molar-refractivity contribution in [3.8, 4) is 11.5 Å². The zero-order valence-electron chi connectivity index (χ0n) is 20.6. The molecule has 10 heteroatoms. The first kappa shape index (κ1) is 25.7. The van der Waals surface area contributed by atoms with Gasteiger partial charge in [0, 0.05) is 30.7 Å². The van der Waals surface area contributed by atoms with Crippen LogP contribution in [0.5, 0.6) is 11.5 Å². The second kappa shape index (κ2) is 11.2. The summed E-state index contributed by atoms with van der Waals surface area (Å²) in [5.41, 5.74) is 2.02. The number of halogens is 2. The molecule has 0 spiro atoms. The van der Waals surface area contributed by atoms with E-state index < -0.39 is 23.7 Å². The van der Waals surface area contributed by atoms with Crippen molar-refractivity contribution in [3.63, 3.8) is 0 Å². The lowest BCUT2D eigenvalue weighted by Gasteiger charge is -2.27. The van der Waals surface area contributed by atoms with Crippen molar-refractivity contribution in [2.24, 2.45) is 5.10 Å². The molecular weight excluding hydrogens is 513 g/mol. The zero-order chi connectivity index (χ0) is 26.6. The maximum atomic E-state index is 14.4. The van der Waals surface area contributed by atoms with E-state index in [-0.39, 0.29) is 32.1 Å². The van der Waals surface area contributed by atoms with Gasteiger partial charge in [-0.3, -0.25) is 9.59 Å². The average molecular weight is 538 g/mol. The summed E-state index contributed by atoms with van der Waals surface area (Å²) in [6.45, 7) is 0.0726. The average Bonchev–Trinajstić information content (AvgIpc) is 3.58. The van der Waals surface area contributed by atoms with Crippen LogP contribution in [0.4, 0.5) is 4.39 Å². The third-order valence-corrected chi connectivity index (χ3v) is 6.74. The highest BCUT2D eigenvalue weighted by molar-refractivity contribution is 6.34. The van der Waals surface area contributed by atoms with E-state index in [2.05, 4.69) is 5.10 Å². The van der Waals surface area contributed by atoms with Gasteiger partial charge in [0.15, 0.2) is 11.5 Å². The first-order valence-electron chi connectivity index (χ1n) is 12.0. The van der Waals surface area contributed by atoms with Crippen molar-refractivity contribution in [1.82, 2.24) is 9.91 Å². The Kier molecular flexibility index (Phi) is 7.57. The van der Waals surface area contributed by atoms with E-state index in [1.54, 1.807) is 18.2 Å². The smallest absolute Gasteiger partial charge is 0.262 e. The van der Waals surface area contributed by atoms with E-state index in [9.17, 15) is 14.0 Å². The molecule has 2 aliphatic heterocycles. The minimum atomic E-state index is -0.661. The Morgan fingerprint density at radius 2 is 1.87 bits per heavy atom. The Bertz CT molecular complexity index is 1400. The molecule has 0 radical (unpaired) electrons. The van der Waals surface area contributed by atoms with E-state index in [1.165, 1.54) is 35.2 Å². The summed E-state index contributed by atoms with van der Waals surface area (Å²) in [5, 5.41) is 6.53. The summed E-state index contributed by atoms with van der Waals surface area (Å²) < 4.78 is 30.5. The number of carbonyl (C=O) groups is 2. The Morgan fingerprint density at radius 3 is 2.66 bits per heavy atom. The van der Waals surface area contributed by atoms with E-state index >= 15 is 0 Å². The lowest BCUT2D eigenvalue weighted by Crippen LogP contribution is -2.43. The normalized spacial score (nSPS) is 15.9. The summed E-state index contributed by atoms with van der Waals surface area (Å²) in [5.74, 6) is -0.500. The van der Waals surface area contributed by atoms with Gasteiger partial charge in [-0.15, -0.1) is 0 Å². The maximum Gasteiger partial charge on any atom is 0.262 e. The molecule has 8 nitrogen and oxygen atoms in total. The number of methoxy groups -OCH3 is 1. The number of nitrogens with zero attached hydrogens (tertiary/aromatic N) is 3. The molecule has 0 aliphatic carbocycles. The minimum absolute atomic E-state index is 0.0963. The van der Waals surface area contributed by atoms with Crippen LogP contribution in [0.25, 0.3) is 0 Å². The predicted octanol–water partition coefficient (Wildman–Crippen LogP) is 4.67. The van der Waals surface area contributed by atoms with Gasteiger partial charge in [0.05, 0.1) is 23.9 Å². The fourth-order valence-corrected chi connectivity index (χ4v) is 4.72. The third-order valence-electron chi connectivity index (χ3n) is 6.41. The van der Waals surface area contributed by atoms with Crippen LogP contribution >= 0.6 is 11.6 Å². The van der Waals surface area contributed by atoms with Crippen molar-refractivity contribution >= 4 is 29.1 Å². The molecular formula is C28H25ClFN3O5. The number of hydrogen-bond acceptors (Lipinski definition) is 6. The second-order valence-corrected chi connectivity index (χ2v) is 9.20. The molecule has 0 aromatic heterocycles. The van der Waals surface area contributed by atoms with Crippen LogP contribution in [0, 0.1) is 5.82 Å². The number of benzene rings is 3. The van der Waals surface area contributed by atoms with Crippen LogP contribution in [0.3, 0.4) is 0 Å². The monoisotopic (exact) mass is 537 g/mol. The number of ether oxygens (including phenoxy) is 3. The Balaban J connectivity index is 1.46. The molecule has 0 unspecified atom stereocenters. The number of rotatable bonds is 8. The van der Waals surface area contributed by atoms with Crippen molar-refractivity contribution in [3.05, 3.63) is 94.3 Å². The number of carbonyl (C=O) groups excluding carboxylic acids is 2. The fraction of sp³-hybridized carbons (Fsp3) is 0.250.